The lowest BCUT2D eigenvalue weighted by Crippen LogP contribution is -2.26. The Bertz CT molecular complexity index is 928. The van der Waals surface area contributed by atoms with E-state index in [1.165, 1.54) is 0 Å². The third kappa shape index (κ3) is 5.33. The predicted molar refractivity (Wildman–Crippen MR) is 112 cm³/mol. The highest BCUT2D eigenvalue weighted by Crippen LogP contribution is 2.35. The molecular weight excluding hydrogens is 372 g/mol. The fraction of sp³-hybridized carbons (Fsp3) is 0.435. The number of carbonyl (C=O) groups is 1. The number of nitriles is 1. The van der Waals surface area contributed by atoms with Gasteiger partial charge in [-0.05, 0) is 57.2 Å². The van der Waals surface area contributed by atoms with Crippen LogP contribution in [0.3, 0.4) is 0 Å². The lowest BCUT2D eigenvalue weighted by Gasteiger charge is -2.24. The van der Waals surface area contributed by atoms with Gasteiger partial charge in [0.1, 0.15) is 11.7 Å². The molecule has 2 rings (SSSR count). The predicted octanol–water partition coefficient (Wildman–Crippen LogP) is 6.13. The molecule has 2 aromatic rings. The summed E-state index contributed by atoms with van der Waals surface area (Å²) in [6, 6.07) is 9.40. The number of ether oxygens (including phenoxy) is 1. The molecule has 0 amide bonds. The van der Waals surface area contributed by atoms with Crippen LogP contribution in [0, 0.1) is 23.7 Å². The molecule has 0 aliphatic carbocycles. The number of carbonyl (C=O) groups excluding carboxylic acids is 1. The number of pyridine rings is 1. The number of hydrogen-bond donors (Lipinski definition) is 0. The quantitative estimate of drug-likeness (QED) is 0.583. The second-order valence-corrected chi connectivity index (χ2v) is 9.56. The molecule has 0 aliphatic rings. The van der Waals surface area contributed by atoms with E-state index in [4.69, 9.17) is 16.3 Å². The lowest BCUT2D eigenvalue weighted by molar-refractivity contribution is 0.00691. The largest absolute Gasteiger partial charge is 0.456 e. The van der Waals surface area contributed by atoms with E-state index in [0.29, 0.717) is 39.5 Å². The molecule has 1 heterocycles. The van der Waals surface area contributed by atoms with Crippen molar-refractivity contribution in [1.82, 2.24) is 4.98 Å². The monoisotopic (exact) mass is 398 g/mol. The number of esters is 1. The molecule has 0 spiro atoms. The van der Waals surface area contributed by atoms with Crippen LogP contribution in [-0.2, 0) is 11.2 Å². The zero-order chi connectivity index (χ0) is 21.3. The average Bonchev–Trinajstić information content (AvgIpc) is 2.51. The molecule has 0 atom stereocenters. The molecule has 1 aromatic heterocycles. The fourth-order valence-corrected chi connectivity index (χ4v) is 3.13. The Morgan fingerprint density at radius 3 is 2.18 bits per heavy atom. The van der Waals surface area contributed by atoms with Gasteiger partial charge in [0.25, 0.3) is 0 Å². The summed E-state index contributed by atoms with van der Waals surface area (Å²) in [7, 11) is 0. The molecule has 0 aliphatic heterocycles. The molecule has 0 radical (unpaired) electrons. The van der Waals surface area contributed by atoms with Gasteiger partial charge in [0.15, 0.2) is 0 Å². The smallest absolute Gasteiger partial charge is 0.341 e. The van der Waals surface area contributed by atoms with Crippen molar-refractivity contribution in [3.63, 3.8) is 0 Å². The number of rotatable bonds is 3. The van der Waals surface area contributed by atoms with Crippen molar-refractivity contribution in [3.8, 4) is 17.2 Å². The maximum Gasteiger partial charge on any atom is 0.341 e. The molecular formula is C23H27ClN2O2. The lowest BCUT2D eigenvalue weighted by atomic mass is 9.85. The standard InChI is InChI=1S/C23H27ClN2O2/c1-14-19(21(27)28-23(5,6)7)20(15-8-10-16(24)11-9-15)17(13-25)18(26-14)12-22(2,3)4/h8-11H,12H2,1-7H3. The Morgan fingerprint density at radius 2 is 1.71 bits per heavy atom. The fourth-order valence-electron chi connectivity index (χ4n) is 3.00. The Balaban J connectivity index is 2.82. The first-order valence-electron chi connectivity index (χ1n) is 9.25. The van der Waals surface area contributed by atoms with Gasteiger partial charge in [-0.15, -0.1) is 0 Å². The van der Waals surface area contributed by atoms with E-state index in [0.717, 1.165) is 5.56 Å². The van der Waals surface area contributed by atoms with E-state index in [2.05, 4.69) is 31.8 Å². The van der Waals surface area contributed by atoms with Crippen LogP contribution in [0.4, 0.5) is 0 Å². The van der Waals surface area contributed by atoms with E-state index in [9.17, 15) is 10.1 Å². The minimum absolute atomic E-state index is 0.0598. The van der Waals surface area contributed by atoms with Gasteiger partial charge < -0.3 is 4.74 Å². The van der Waals surface area contributed by atoms with Crippen molar-refractivity contribution >= 4 is 17.6 Å². The molecule has 0 N–H and O–H groups in total. The van der Waals surface area contributed by atoms with Crippen LogP contribution in [0.5, 0.6) is 0 Å². The van der Waals surface area contributed by atoms with Gasteiger partial charge in [-0.1, -0.05) is 44.5 Å². The van der Waals surface area contributed by atoms with Crippen LogP contribution in [0.25, 0.3) is 11.1 Å². The molecule has 148 valence electrons. The first-order chi connectivity index (χ1) is 12.8. The van der Waals surface area contributed by atoms with Crippen LogP contribution in [0.1, 0.15) is 68.9 Å². The van der Waals surface area contributed by atoms with Gasteiger partial charge in [-0.2, -0.15) is 5.26 Å². The zero-order valence-electron chi connectivity index (χ0n) is 17.6. The number of halogens is 1. The summed E-state index contributed by atoms with van der Waals surface area (Å²) in [6.45, 7) is 13.5. The van der Waals surface area contributed by atoms with Gasteiger partial charge in [-0.25, -0.2) is 4.79 Å². The third-order valence-corrected chi connectivity index (χ3v) is 4.25. The van der Waals surface area contributed by atoms with Crippen molar-refractivity contribution in [1.29, 1.82) is 5.26 Å². The maximum absolute atomic E-state index is 13.0. The van der Waals surface area contributed by atoms with Gasteiger partial charge in [0.05, 0.1) is 22.5 Å². The summed E-state index contributed by atoms with van der Waals surface area (Å²) in [5, 5.41) is 10.6. The first kappa shape index (κ1) is 21.9. The van der Waals surface area contributed by atoms with E-state index in [1.54, 1.807) is 19.1 Å². The van der Waals surface area contributed by atoms with E-state index in [-0.39, 0.29) is 5.41 Å². The minimum atomic E-state index is -0.655. The maximum atomic E-state index is 13.0. The van der Waals surface area contributed by atoms with Crippen LogP contribution in [0.2, 0.25) is 5.02 Å². The SMILES string of the molecule is Cc1nc(CC(C)(C)C)c(C#N)c(-c2ccc(Cl)cc2)c1C(=O)OC(C)(C)C. The van der Waals surface area contributed by atoms with Crippen molar-refractivity contribution in [2.45, 2.75) is 60.5 Å². The number of nitrogens with zero attached hydrogens (tertiary/aromatic N) is 2. The summed E-state index contributed by atoms with van der Waals surface area (Å²) in [6.07, 6.45) is 0.617. The highest BCUT2D eigenvalue weighted by Gasteiger charge is 2.28. The van der Waals surface area contributed by atoms with Crippen LogP contribution in [-0.4, -0.2) is 16.6 Å². The van der Waals surface area contributed by atoms with Gasteiger partial charge >= 0.3 is 5.97 Å². The summed E-state index contributed by atoms with van der Waals surface area (Å²) in [4.78, 5) is 17.6. The highest BCUT2D eigenvalue weighted by atomic mass is 35.5. The first-order valence-corrected chi connectivity index (χ1v) is 9.63. The molecule has 0 saturated carbocycles. The van der Waals surface area contributed by atoms with Crippen LogP contribution >= 0.6 is 11.6 Å². The molecule has 0 bridgehead atoms. The normalized spacial score (nSPS) is 11.8. The Morgan fingerprint density at radius 1 is 1.14 bits per heavy atom. The summed E-state index contributed by atoms with van der Waals surface area (Å²) in [5.41, 5.74) is 2.55. The summed E-state index contributed by atoms with van der Waals surface area (Å²) >= 11 is 6.04. The Kier molecular flexibility index (Phi) is 6.21. The second kappa shape index (κ2) is 7.93. The minimum Gasteiger partial charge on any atom is -0.456 e. The molecule has 0 fully saturated rings. The van der Waals surface area contributed by atoms with Crippen LogP contribution < -0.4 is 0 Å². The Hall–Kier alpha value is -2.38. The van der Waals surface area contributed by atoms with E-state index in [1.807, 2.05) is 32.9 Å². The highest BCUT2D eigenvalue weighted by molar-refractivity contribution is 6.30. The second-order valence-electron chi connectivity index (χ2n) is 9.13. The van der Waals surface area contributed by atoms with Gasteiger partial charge in [-0.3, -0.25) is 4.98 Å². The van der Waals surface area contributed by atoms with E-state index < -0.39 is 11.6 Å². The molecule has 0 unspecified atom stereocenters. The molecule has 28 heavy (non-hydrogen) atoms. The summed E-state index contributed by atoms with van der Waals surface area (Å²) < 4.78 is 5.62. The molecule has 1 aromatic carbocycles. The van der Waals surface area contributed by atoms with Crippen molar-refractivity contribution in [2.24, 2.45) is 5.41 Å². The molecule has 0 saturated heterocycles. The molecule has 4 nitrogen and oxygen atoms in total. The summed E-state index contributed by atoms with van der Waals surface area (Å²) in [5.74, 6) is -0.485. The van der Waals surface area contributed by atoms with Crippen molar-refractivity contribution < 1.29 is 9.53 Å². The number of aromatic nitrogens is 1. The van der Waals surface area contributed by atoms with Crippen molar-refractivity contribution in [3.05, 3.63) is 51.8 Å². The Labute approximate surface area is 172 Å². The number of aryl methyl sites for hydroxylation is 1. The third-order valence-electron chi connectivity index (χ3n) is 4.00. The zero-order valence-corrected chi connectivity index (χ0v) is 18.4. The van der Waals surface area contributed by atoms with E-state index >= 15 is 0 Å². The molecule has 5 heteroatoms. The topological polar surface area (TPSA) is 63.0 Å². The van der Waals surface area contributed by atoms with Gasteiger partial charge in [0, 0.05) is 10.6 Å². The van der Waals surface area contributed by atoms with Gasteiger partial charge in [0.2, 0.25) is 0 Å². The number of hydrogen-bond acceptors (Lipinski definition) is 4. The van der Waals surface area contributed by atoms with Crippen molar-refractivity contribution in [2.75, 3.05) is 0 Å². The number of benzene rings is 1. The average molecular weight is 399 g/mol. The van der Waals surface area contributed by atoms with Crippen LogP contribution in [0.15, 0.2) is 24.3 Å².